The number of fused-ring (bicyclic) bond motifs is 1. The quantitative estimate of drug-likeness (QED) is 0.617. The Labute approximate surface area is 161 Å². The summed E-state index contributed by atoms with van der Waals surface area (Å²) >= 11 is 1.40. The van der Waals surface area contributed by atoms with E-state index in [4.69, 9.17) is 9.47 Å². The van der Waals surface area contributed by atoms with Gasteiger partial charge in [0.25, 0.3) is 5.91 Å². The number of carbonyl (C=O) groups is 1. The molecule has 144 valence electrons. The molecule has 0 atom stereocenters. The number of nitrogens with zero attached hydrogens (tertiary/aromatic N) is 5. The summed E-state index contributed by atoms with van der Waals surface area (Å²) in [6.45, 7) is 1.19. The fourth-order valence-corrected chi connectivity index (χ4v) is 3.74. The van der Waals surface area contributed by atoms with Crippen molar-refractivity contribution in [1.29, 1.82) is 0 Å². The Morgan fingerprint density at radius 1 is 1.15 bits per heavy atom. The van der Waals surface area contributed by atoms with Crippen molar-refractivity contribution in [3.05, 3.63) is 30.1 Å². The summed E-state index contributed by atoms with van der Waals surface area (Å²) in [6.07, 6.45) is 1.75. The number of anilines is 1. The lowest BCUT2D eigenvalue weighted by atomic mass is 10.3. The fourth-order valence-electron chi connectivity index (χ4n) is 2.64. The molecule has 0 fully saturated rings. The second-order valence-corrected chi connectivity index (χ2v) is 7.26. The van der Waals surface area contributed by atoms with Crippen LogP contribution in [-0.2, 0) is 7.05 Å². The summed E-state index contributed by atoms with van der Waals surface area (Å²) in [6, 6.07) is 5.36. The SMILES string of the molecule is COc1ccc(OC)c2sc(N(CCN(C)C)C(=O)c3ccn(C)n3)nc12. The number of carbonyl (C=O) groups excluding carboxylic acids is 1. The highest BCUT2D eigenvalue weighted by Gasteiger charge is 2.25. The number of aryl methyl sites for hydroxylation is 1. The average Bonchev–Trinajstić information content (AvgIpc) is 3.27. The van der Waals surface area contributed by atoms with Gasteiger partial charge in [-0.2, -0.15) is 5.10 Å². The molecule has 0 saturated carbocycles. The minimum Gasteiger partial charge on any atom is -0.495 e. The minimum absolute atomic E-state index is 0.186. The summed E-state index contributed by atoms with van der Waals surface area (Å²) in [5.74, 6) is 1.16. The van der Waals surface area contributed by atoms with Crippen LogP contribution in [0.25, 0.3) is 10.2 Å². The van der Waals surface area contributed by atoms with E-state index >= 15 is 0 Å². The van der Waals surface area contributed by atoms with Crippen molar-refractivity contribution in [2.45, 2.75) is 0 Å². The van der Waals surface area contributed by atoms with Gasteiger partial charge in [0.1, 0.15) is 21.7 Å². The third-order valence-electron chi connectivity index (χ3n) is 4.08. The van der Waals surface area contributed by atoms with Crippen molar-refractivity contribution in [3.8, 4) is 11.5 Å². The first-order valence-corrected chi connectivity index (χ1v) is 9.24. The number of methoxy groups -OCH3 is 2. The molecule has 0 N–H and O–H groups in total. The smallest absolute Gasteiger partial charge is 0.280 e. The fraction of sp³-hybridized carbons (Fsp3) is 0.389. The van der Waals surface area contributed by atoms with Crippen molar-refractivity contribution in [1.82, 2.24) is 19.7 Å². The number of amides is 1. The largest absolute Gasteiger partial charge is 0.495 e. The predicted molar refractivity (Wildman–Crippen MR) is 106 cm³/mol. The van der Waals surface area contributed by atoms with Gasteiger partial charge in [-0.15, -0.1) is 0 Å². The van der Waals surface area contributed by atoms with Gasteiger partial charge in [-0.05, 0) is 32.3 Å². The van der Waals surface area contributed by atoms with E-state index in [1.807, 2.05) is 31.1 Å². The molecule has 0 radical (unpaired) electrons. The van der Waals surface area contributed by atoms with Crippen LogP contribution in [0.1, 0.15) is 10.5 Å². The van der Waals surface area contributed by atoms with Gasteiger partial charge in [0.15, 0.2) is 10.8 Å². The van der Waals surface area contributed by atoms with Crippen LogP contribution in [0, 0.1) is 0 Å². The van der Waals surface area contributed by atoms with Crippen LogP contribution in [-0.4, -0.2) is 67.0 Å². The van der Waals surface area contributed by atoms with Gasteiger partial charge in [-0.1, -0.05) is 11.3 Å². The molecule has 1 aromatic carbocycles. The molecule has 9 heteroatoms. The van der Waals surface area contributed by atoms with Crippen molar-refractivity contribution in [2.24, 2.45) is 7.05 Å². The summed E-state index contributed by atoms with van der Waals surface area (Å²) in [4.78, 5) is 21.5. The van der Waals surface area contributed by atoms with E-state index in [-0.39, 0.29) is 5.91 Å². The standard InChI is InChI=1S/C18H23N5O3S/c1-21(2)10-11-23(17(24)12-8-9-22(3)20-12)18-19-15-13(25-4)6-7-14(26-5)16(15)27-18/h6-9H,10-11H2,1-5H3. The van der Waals surface area contributed by atoms with Gasteiger partial charge in [-0.3, -0.25) is 14.4 Å². The highest BCUT2D eigenvalue weighted by Crippen LogP contribution is 2.40. The van der Waals surface area contributed by atoms with E-state index in [1.54, 1.807) is 43.1 Å². The van der Waals surface area contributed by atoms with Gasteiger partial charge in [-0.25, -0.2) is 4.98 Å². The molecule has 2 heterocycles. The number of likely N-dealkylation sites (N-methyl/N-ethyl adjacent to an activating group) is 1. The molecule has 0 unspecified atom stereocenters. The van der Waals surface area contributed by atoms with E-state index in [1.165, 1.54) is 11.3 Å². The monoisotopic (exact) mass is 389 g/mol. The number of hydrogen-bond donors (Lipinski definition) is 0. The Kier molecular flexibility index (Phi) is 5.62. The zero-order valence-corrected chi connectivity index (χ0v) is 16.9. The summed E-state index contributed by atoms with van der Waals surface area (Å²) in [7, 11) is 8.93. The minimum atomic E-state index is -0.186. The van der Waals surface area contributed by atoms with Gasteiger partial charge in [0, 0.05) is 26.3 Å². The van der Waals surface area contributed by atoms with Crippen molar-refractivity contribution in [2.75, 3.05) is 46.3 Å². The van der Waals surface area contributed by atoms with Crippen molar-refractivity contribution >= 4 is 32.6 Å². The Morgan fingerprint density at radius 2 is 1.85 bits per heavy atom. The zero-order chi connectivity index (χ0) is 19.6. The Bertz CT molecular complexity index is 909. The molecule has 0 spiro atoms. The molecule has 1 amide bonds. The van der Waals surface area contributed by atoms with Crippen LogP contribution in [0.5, 0.6) is 11.5 Å². The molecule has 0 aliphatic rings. The number of hydrogen-bond acceptors (Lipinski definition) is 7. The van der Waals surface area contributed by atoms with Gasteiger partial charge >= 0.3 is 0 Å². The van der Waals surface area contributed by atoms with Crippen LogP contribution in [0.2, 0.25) is 0 Å². The third-order valence-corrected chi connectivity index (χ3v) is 5.17. The van der Waals surface area contributed by atoms with Gasteiger partial charge < -0.3 is 14.4 Å². The topological polar surface area (TPSA) is 72.7 Å². The van der Waals surface area contributed by atoms with E-state index in [9.17, 15) is 4.79 Å². The number of rotatable bonds is 7. The maximum absolute atomic E-state index is 13.1. The first-order chi connectivity index (χ1) is 12.9. The normalized spacial score (nSPS) is 11.2. The Morgan fingerprint density at radius 3 is 2.44 bits per heavy atom. The molecule has 8 nitrogen and oxygen atoms in total. The number of thiazole rings is 1. The maximum Gasteiger partial charge on any atom is 0.280 e. The molecule has 3 aromatic rings. The zero-order valence-electron chi connectivity index (χ0n) is 16.1. The number of benzene rings is 1. The summed E-state index contributed by atoms with van der Waals surface area (Å²) < 4.78 is 13.3. The Balaban J connectivity index is 2.07. The van der Waals surface area contributed by atoms with E-state index < -0.39 is 0 Å². The average molecular weight is 389 g/mol. The second-order valence-electron chi connectivity index (χ2n) is 6.28. The highest BCUT2D eigenvalue weighted by molar-refractivity contribution is 7.22. The van der Waals surface area contributed by atoms with Crippen LogP contribution >= 0.6 is 11.3 Å². The lowest BCUT2D eigenvalue weighted by Gasteiger charge is -2.21. The number of ether oxygens (including phenoxy) is 2. The summed E-state index contributed by atoms with van der Waals surface area (Å²) in [5.41, 5.74) is 1.06. The van der Waals surface area contributed by atoms with Crippen LogP contribution < -0.4 is 14.4 Å². The van der Waals surface area contributed by atoms with Crippen LogP contribution in [0.15, 0.2) is 24.4 Å². The number of aromatic nitrogens is 3. The predicted octanol–water partition coefficient (Wildman–Crippen LogP) is 2.26. The molecule has 0 aliphatic heterocycles. The van der Waals surface area contributed by atoms with Crippen LogP contribution in [0.3, 0.4) is 0 Å². The molecular formula is C18H23N5O3S. The lowest BCUT2D eigenvalue weighted by Crippen LogP contribution is -2.37. The molecular weight excluding hydrogens is 366 g/mol. The maximum atomic E-state index is 13.1. The lowest BCUT2D eigenvalue weighted by molar-refractivity contribution is 0.0979. The molecule has 2 aromatic heterocycles. The Hall–Kier alpha value is -2.65. The highest BCUT2D eigenvalue weighted by atomic mass is 32.1. The first kappa shape index (κ1) is 19.1. The molecule has 0 saturated heterocycles. The van der Waals surface area contributed by atoms with Gasteiger partial charge in [0.2, 0.25) is 0 Å². The summed E-state index contributed by atoms with van der Waals surface area (Å²) in [5, 5.41) is 4.83. The van der Waals surface area contributed by atoms with E-state index in [0.29, 0.717) is 40.9 Å². The molecule has 0 bridgehead atoms. The first-order valence-electron chi connectivity index (χ1n) is 8.42. The van der Waals surface area contributed by atoms with Gasteiger partial charge in [0.05, 0.1) is 14.2 Å². The molecule has 3 rings (SSSR count). The molecule has 27 heavy (non-hydrogen) atoms. The van der Waals surface area contributed by atoms with Crippen LogP contribution in [0.4, 0.5) is 5.13 Å². The second kappa shape index (κ2) is 7.93. The van der Waals surface area contributed by atoms with E-state index in [0.717, 1.165) is 4.70 Å². The third kappa shape index (κ3) is 3.88. The molecule has 0 aliphatic carbocycles. The van der Waals surface area contributed by atoms with Crippen molar-refractivity contribution < 1.29 is 14.3 Å². The van der Waals surface area contributed by atoms with E-state index in [2.05, 4.69) is 10.1 Å². The van der Waals surface area contributed by atoms with Crippen molar-refractivity contribution in [3.63, 3.8) is 0 Å².